The number of guanidine groups is 2. The van der Waals surface area contributed by atoms with Crippen molar-refractivity contribution >= 4 is 17.9 Å². The van der Waals surface area contributed by atoms with Crippen LogP contribution in [0.15, 0.2) is 9.98 Å². The van der Waals surface area contributed by atoms with Crippen molar-refractivity contribution in [2.24, 2.45) is 27.2 Å². The van der Waals surface area contributed by atoms with Gasteiger partial charge in [-0.2, -0.15) is 4.99 Å². The standard InChI is InChI=1S/C5H11N5O2/c1-12-3(11)2-9-5(8)10-4(6)7/h2H2,1H3,(H6,6,7,8,9,10). The summed E-state index contributed by atoms with van der Waals surface area (Å²) in [5.74, 6) is -0.870. The summed E-state index contributed by atoms with van der Waals surface area (Å²) >= 11 is 0. The summed E-state index contributed by atoms with van der Waals surface area (Å²) in [5, 5.41) is 0. The fraction of sp³-hybridized carbons (Fsp3) is 0.400. The van der Waals surface area contributed by atoms with Crippen LogP contribution in [-0.2, 0) is 9.53 Å². The van der Waals surface area contributed by atoms with Crippen molar-refractivity contribution in [2.45, 2.75) is 0 Å². The van der Waals surface area contributed by atoms with Gasteiger partial charge in [-0.05, 0) is 0 Å². The molecule has 0 saturated carbocycles. The minimum atomic E-state index is -0.510. The molecule has 7 nitrogen and oxygen atoms in total. The molecule has 0 aromatic heterocycles. The Labute approximate surface area is 69.3 Å². The van der Waals surface area contributed by atoms with Crippen molar-refractivity contribution in [1.82, 2.24) is 0 Å². The van der Waals surface area contributed by atoms with E-state index in [9.17, 15) is 4.79 Å². The van der Waals surface area contributed by atoms with Crippen LogP contribution < -0.4 is 17.2 Å². The van der Waals surface area contributed by atoms with Crippen LogP contribution >= 0.6 is 0 Å². The first kappa shape index (κ1) is 10.2. The van der Waals surface area contributed by atoms with Gasteiger partial charge in [-0.15, -0.1) is 0 Å². The number of nitrogens with two attached hydrogens (primary N) is 3. The van der Waals surface area contributed by atoms with Crippen LogP contribution in [0.3, 0.4) is 0 Å². The van der Waals surface area contributed by atoms with Gasteiger partial charge >= 0.3 is 5.97 Å². The van der Waals surface area contributed by atoms with Crippen molar-refractivity contribution < 1.29 is 9.53 Å². The number of hydrogen-bond donors (Lipinski definition) is 3. The molecule has 68 valence electrons. The number of carbonyl (C=O) groups is 1. The zero-order chi connectivity index (χ0) is 9.56. The van der Waals surface area contributed by atoms with E-state index in [0.717, 1.165) is 0 Å². The van der Waals surface area contributed by atoms with Gasteiger partial charge in [0.05, 0.1) is 7.11 Å². The van der Waals surface area contributed by atoms with Gasteiger partial charge in [-0.25, -0.2) is 4.99 Å². The molecule has 0 aliphatic heterocycles. The van der Waals surface area contributed by atoms with Crippen LogP contribution in [0.1, 0.15) is 0 Å². The van der Waals surface area contributed by atoms with E-state index in [1.54, 1.807) is 0 Å². The Bertz CT molecular complexity index is 218. The van der Waals surface area contributed by atoms with Gasteiger partial charge < -0.3 is 21.9 Å². The van der Waals surface area contributed by atoms with Gasteiger partial charge in [0.2, 0.25) is 5.96 Å². The third-order valence-electron chi connectivity index (χ3n) is 0.841. The zero-order valence-corrected chi connectivity index (χ0v) is 6.65. The molecule has 0 spiro atoms. The highest BCUT2D eigenvalue weighted by atomic mass is 16.5. The lowest BCUT2D eigenvalue weighted by atomic mass is 10.7. The summed E-state index contributed by atoms with van der Waals surface area (Å²) in [6, 6.07) is 0. The van der Waals surface area contributed by atoms with Gasteiger partial charge in [-0.1, -0.05) is 0 Å². The van der Waals surface area contributed by atoms with Crippen LogP contribution in [0.2, 0.25) is 0 Å². The molecule has 0 rings (SSSR count). The molecular weight excluding hydrogens is 162 g/mol. The highest BCUT2D eigenvalue weighted by Crippen LogP contribution is 1.77. The molecule has 0 fully saturated rings. The monoisotopic (exact) mass is 173 g/mol. The fourth-order valence-corrected chi connectivity index (χ4v) is 0.378. The third-order valence-corrected chi connectivity index (χ3v) is 0.841. The first-order valence-corrected chi connectivity index (χ1v) is 3.02. The Balaban J connectivity index is 4.02. The number of methoxy groups -OCH3 is 1. The predicted molar refractivity (Wildman–Crippen MR) is 44.3 cm³/mol. The summed E-state index contributed by atoms with van der Waals surface area (Å²) < 4.78 is 4.29. The number of hydrogen-bond acceptors (Lipinski definition) is 3. The average molecular weight is 173 g/mol. The molecule has 0 heterocycles. The van der Waals surface area contributed by atoms with Gasteiger partial charge in [0.1, 0.15) is 6.54 Å². The molecule has 0 aliphatic carbocycles. The van der Waals surface area contributed by atoms with Crippen molar-refractivity contribution in [3.63, 3.8) is 0 Å². The number of aliphatic imine (C=N–C) groups is 2. The lowest BCUT2D eigenvalue weighted by Gasteiger charge is -1.94. The summed E-state index contributed by atoms with van der Waals surface area (Å²) in [6.45, 7) is -0.195. The SMILES string of the molecule is COC(=O)CN=C(N)N=C(N)N. The number of nitrogens with zero attached hydrogens (tertiary/aromatic N) is 2. The fourth-order valence-electron chi connectivity index (χ4n) is 0.378. The topological polar surface area (TPSA) is 129 Å². The largest absolute Gasteiger partial charge is 0.468 e. The Morgan fingerprint density at radius 2 is 2.00 bits per heavy atom. The van der Waals surface area contributed by atoms with E-state index in [1.807, 2.05) is 0 Å². The summed E-state index contributed by atoms with van der Waals surface area (Å²) in [6.07, 6.45) is 0. The Morgan fingerprint density at radius 1 is 1.42 bits per heavy atom. The second-order valence-electron chi connectivity index (χ2n) is 1.79. The summed E-state index contributed by atoms with van der Waals surface area (Å²) in [7, 11) is 1.24. The molecule has 12 heavy (non-hydrogen) atoms. The molecule has 0 aliphatic rings. The minimum Gasteiger partial charge on any atom is -0.468 e. The molecule has 6 N–H and O–H groups in total. The van der Waals surface area contributed by atoms with Crippen LogP contribution in [0.25, 0.3) is 0 Å². The molecule has 0 radical (unpaired) electrons. The maximum absolute atomic E-state index is 10.5. The van der Waals surface area contributed by atoms with Gasteiger partial charge in [0.25, 0.3) is 0 Å². The van der Waals surface area contributed by atoms with E-state index in [-0.39, 0.29) is 18.5 Å². The maximum atomic E-state index is 10.5. The van der Waals surface area contributed by atoms with Gasteiger partial charge in [0.15, 0.2) is 5.96 Å². The number of ether oxygens (including phenoxy) is 1. The van der Waals surface area contributed by atoms with Crippen LogP contribution in [0.4, 0.5) is 0 Å². The van der Waals surface area contributed by atoms with Gasteiger partial charge in [0, 0.05) is 0 Å². The van der Waals surface area contributed by atoms with Gasteiger partial charge in [-0.3, -0.25) is 4.79 Å². The normalized spacial score (nSPS) is 10.6. The lowest BCUT2D eigenvalue weighted by Crippen LogP contribution is -2.26. The second kappa shape index (κ2) is 4.94. The number of esters is 1. The maximum Gasteiger partial charge on any atom is 0.327 e. The number of rotatable bonds is 2. The molecule has 0 amide bonds. The second-order valence-corrected chi connectivity index (χ2v) is 1.79. The van der Waals surface area contributed by atoms with E-state index in [0.29, 0.717) is 0 Å². The van der Waals surface area contributed by atoms with E-state index in [1.165, 1.54) is 7.11 Å². The van der Waals surface area contributed by atoms with Crippen molar-refractivity contribution in [1.29, 1.82) is 0 Å². The molecule has 7 heteroatoms. The molecule has 0 aromatic rings. The quantitative estimate of drug-likeness (QED) is 0.247. The van der Waals surface area contributed by atoms with E-state index in [2.05, 4.69) is 14.7 Å². The van der Waals surface area contributed by atoms with E-state index < -0.39 is 5.97 Å². The third kappa shape index (κ3) is 5.03. The highest BCUT2D eigenvalue weighted by Gasteiger charge is 1.97. The lowest BCUT2D eigenvalue weighted by molar-refractivity contribution is -0.138. The first-order valence-electron chi connectivity index (χ1n) is 3.02. The van der Waals surface area contributed by atoms with Crippen molar-refractivity contribution in [3.05, 3.63) is 0 Å². The minimum absolute atomic E-state index is 0.152. The van der Waals surface area contributed by atoms with E-state index >= 15 is 0 Å². The molecule has 0 bridgehead atoms. The molecule has 0 unspecified atom stereocenters. The van der Waals surface area contributed by atoms with Crippen molar-refractivity contribution in [3.8, 4) is 0 Å². The Kier molecular flexibility index (Phi) is 4.20. The molecule has 0 saturated heterocycles. The first-order chi connectivity index (χ1) is 5.56. The predicted octanol–water partition coefficient (Wildman–Crippen LogP) is -2.25. The molecule has 0 aromatic carbocycles. The molecular formula is C5H11N5O2. The summed E-state index contributed by atoms with van der Waals surface area (Å²) in [5.41, 5.74) is 15.1. The Morgan fingerprint density at radius 3 is 2.42 bits per heavy atom. The highest BCUT2D eigenvalue weighted by molar-refractivity contribution is 5.93. The smallest absolute Gasteiger partial charge is 0.327 e. The van der Waals surface area contributed by atoms with Crippen LogP contribution in [0.5, 0.6) is 0 Å². The average Bonchev–Trinajstić information content (AvgIpc) is 1.99. The van der Waals surface area contributed by atoms with Crippen molar-refractivity contribution in [2.75, 3.05) is 13.7 Å². The molecule has 0 atom stereocenters. The zero-order valence-electron chi connectivity index (χ0n) is 6.65. The Hall–Kier alpha value is -1.79. The van der Waals surface area contributed by atoms with E-state index in [4.69, 9.17) is 17.2 Å². The summed E-state index contributed by atoms with van der Waals surface area (Å²) in [4.78, 5) is 17.4. The van der Waals surface area contributed by atoms with Crippen LogP contribution in [-0.4, -0.2) is 31.5 Å². The van der Waals surface area contributed by atoms with Crippen LogP contribution in [0, 0.1) is 0 Å². The number of carbonyl (C=O) groups excluding carboxylic acids is 1.